The van der Waals surface area contributed by atoms with Crippen molar-refractivity contribution in [3.63, 3.8) is 0 Å². The number of aromatic nitrogens is 2. The molecule has 2 heterocycles. The molecule has 2 aromatic carbocycles. The summed E-state index contributed by atoms with van der Waals surface area (Å²) in [5.74, 6) is 1.25. The van der Waals surface area contributed by atoms with Crippen LogP contribution in [0, 0.1) is 12.8 Å². The second-order valence-electron chi connectivity index (χ2n) is 7.38. The molecule has 4 rings (SSSR count). The first-order valence-electron chi connectivity index (χ1n) is 9.76. The standard InChI is InChI=1S/C22H23ClN4O2/c1-15-7-8-18(13-19(15)23)24-22(28)17-9-11-27(12-10-17)14-20-25-21(26-29-20)16-5-3-2-4-6-16/h2-8,13,17H,9-12,14H2,1H3,(H,24,28). The number of carbonyl (C=O) groups is 1. The number of nitrogens with one attached hydrogen (secondary N) is 1. The summed E-state index contributed by atoms with van der Waals surface area (Å²) in [5.41, 5.74) is 2.68. The van der Waals surface area contributed by atoms with Crippen molar-refractivity contribution >= 4 is 23.2 Å². The highest BCUT2D eigenvalue weighted by molar-refractivity contribution is 6.31. The molecule has 1 saturated heterocycles. The predicted octanol–water partition coefficient (Wildman–Crippen LogP) is 4.55. The lowest BCUT2D eigenvalue weighted by Crippen LogP contribution is -2.37. The number of benzene rings is 2. The molecule has 0 unspecified atom stereocenters. The van der Waals surface area contributed by atoms with Crippen molar-refractivity contribution in [3.8, 4) is 11.4 Å². The molecular weight excluding hydrogens is 388 g/mol. The van der Waals surface area contributed by atoms with Crippen LogP contribution in [0.1, 0.15) is 24.3 Å². The summed E-state index contributed by atoms with van der Waals surface area (Å²) in [4.78, 5) is 19.3. The van der Waals surface area contributed by atoms with Crippen molar-refractivity contribution in [2.24, 2.45) is 5.92 Å². The van der Waals surface area contributed by atoms with Crippen molar-refractivity contribution < 1.29 is 9.32 Å². The minimum absolute atomic E-state index is 0.00565. The molecule has 1 aliphatic rings. The fraction of sp³-hybridized carbons (Fsp3) is 0.318. The van der Waals surface area contributed by atoms with Gasteiger partial charge in [0, 0.05) is 22.2 Å². The van der Waals surface area contributed by atoms with Gasteiger partial charge in [-0.25, -0.2) is 0 Å². The SMILES string of the molecule is Cc1ccc(NC(=O)C2CCN(Cc3nc(-c4ccccc4)no3)CC2)cc1Cl. The van der Waals surface area contributed by atoms with E-state index < -0.39 is 0 Å². The fourth-order valence-corrected chi connectivity index (χ4v) is 3.66. The van der Waals surface area contributed by atoms with Gasteiger partial charge in [0.1, 0.15) is 0 Å². The molecule has 1 amide bonds. The zero-order valence-electron chi connectivity index (χ0n) is 16.3. The first-order valence-corrected chi connectivity index (χ1v) is 10.1. The summed E-state index contributed by atoms with van der Waals surface area (Å²) in [5, 5.41) is 7.71. The quantitative estimate of drug-likeness (QED) is 0.668. The normalized spacial score (nSPS) is 15.4. The Labute approximate surface area is 174 Å². The number of anilines is 1. The third-order valence-corrected chi connectivity index (χ3v) is 5.66. The number of nitrogens with zero attached hydrogens (tertiary/aromatic N) is 3. The Morgan fingerprint density at radius 2 is 1.97 bits per heavy atom. The number of carbonyl (C=O) groups excluding carboxylic acids is 1. The van der Waals surface area contributed by atoms with E-state index in [9.17, 15) is 4.79 Å². The van der Waals surface area contributed by atoms with Gasteiger partial charge in [0.05, 0.1) is 6.54 Å². The average Bonchev–Trinajstić information content (AvgIpc) is 3.20. The van der Waals surface area contributed by atoms with Gasteiger partial charge in [-0.15, -0.1) is 0 Å². The second-order valence-corrected chi connectivity index (χ2v) is 7.79. The molecule has 0 atom stereocenters. The Hall–Kier alpha value is -2.70. The van der Waals surface area contributed by atoms with Crippen LogP contribution in [0.25, 0.3) is 11.4 Å². The summed E-state index contributed by atoms with van der Waals surface area (Å²) in [6.45, 7) is 4.17. The first kappa shape index (κ1) is 19.6. The van der Waals surface area contributed by atoms with Gasteiger partial charge in [-0.2, -0.15) is 4.98 Å². The second kappa shape index (κ2) is 8.76. The molecule has 0 bridgehead atoms. The number of halogens is 1. The highest BCUT2D eigenvalue weighted by Crippen LogP contribution is 2.24. The maximum absolute atomic E-state index is 12.6. The molecule has 0 saturated carbocycles. The zero-order chi connectivity index (χ0) is 20.2. The molecule has 6 nitrogen and oxygen atoms in total. The lowest BCUT2D eigenvalue weighted by Gasteiger charge is -2.30. The lowest BCUT2D eigenvalue weighted by molar-refractivity contribution is -0.121. The van der Waals surface area contributed by atoms with E-state index in [1.807, 2.05) is 49.4 Å². The first-order chi connectivity index (χ1) is 14.1. The van der Waals surface area contributed by atoms with Crippen LogP contribution in [-0.4, -0.2) is 34.0 Å². The van der Waals surface area contributed by atoms with Gasteiger partial charge < -0.3 is 9.84 Å². The molecule has 7 heteroatoms. The minimum Gasteiger partial charge on any atom is -0.338 e. The molecular formula is C22H23ClN4O2. The van der Waals surface area contributed by atoms with E-state index >= 15 is 0 Å². The fourth-order valence-electron chi connectivity index (χ4n) is 3.48. The van der Waals surface area contributed by atoms with Gasteiger partial charge in [0.15, 0.2) is 0 Å². The molecule has 150 valence electrons. The van der Waals surface area contributed by atoms with E-state index in [4.69, 9.17) is 16.1 Å². The molecule has 29 heavy (non-hydrogen) atoms. The van der Waals surface area contributed by atoms with Crippen LogP contribution in [0.2, 0.25) is 5.02 Å². The molecule has 0 aliphatic carbocycles. The highest BCUT2D eigenvalue weighted by Gasteiger charge is 2.26. The number of likely N-dealkylation sites (tertiary alicyclic amines) is 1. The minimum atomic E-state index is -0.00565. The number of aryl methyl sites for hydroxylation is 1. The number of rotatable bonds is 5. The monoisotopic (exact) mass is 410 g/mol. The zero-order valence-corrected chi connectivity index (χ0v) is 17.0. The van der Waals surface area contributed by atoms with E-state index in [2.05, 4.69) is 20.4 Å². The number of hydrogen-bond donors (Lipinski definition) is 1. The van der Waals surface area contributed by atoms with Crippen LogP contribution in [0.4, 0.5) is 5.69 Å². The molecule has 1 N–H and O–H groups in total. The van der Waals surface area contributed by atoms with Crippen LogP contribution in [0.5, 0.6) is 0 Å². The topological polar surface area (TPSA) is 71.3 Å². The van der Waals surface area contributed by atoms with Crippen molar-refractivity contribution in [1.29, 1.82) is 0 Å². The van der Waals surface area contributed by atoms with Crippen molar-refractivity contribution in [2.75, 3.05) is 18.4 Å². The summed E-state index contributed by atoms with van der Waals surface area (Å²) >= 11 is 6.14. The Kier molecular flexibility index (Phi) is 5.92. The Morgan fingerprint density at radius 1 is 1.21 bits per heavy atom. The highest BCUT2D eigenvalue weighted by atomic mass is 35.5. The largest absolute Gasteiger partial charge is 0.338 e. The molecule has 0 spiro atoms. The van der Waals surface area contributed by atoms with E-state index in [-0.39, 0.29) is 11.8 Å². The van der Waals surface area contributed by atoms with Crippen LogP contribution < -0.4 is 5.32 Å². The van der Waals surface area contributed by atoms with Crippen LogP contribution in [0.15, 0.2) is 53.1 Å². The van der Waals surface area contributed by atoms with Crippen LogP contribution in [0.3, 0.4) is 0 Å². The third kappa shape index (κ3) is 4.83. The van der Waals surface area contributed by atoms with Gasteiger partial charge in [0.2, 0.25) is 17.6 Å². The van der Waals surface area contributed by atoms with Crippen molar-refractivity contribution in [2.45, 2.75) is 26.3 Å². The number of hydrogen-bond acceptors (Lipinski definition) is 5. The van der Waals surface area contributed by atoms with Gasteiger partial charge in [-0.3, -0.25) is 9.69 Å². The smallest absolute Gasteiger partial charge is 0.241 e. The summed E-state index contributed by atoms with van der Waals surface area (Å²) < 4.78 is 5.40. The van der Waals surface area contributed by atoms with E-state index in [0.29, 0.717) is 23.3 Å². The summed E-state index contributed by atoms with van der Waals surface area (Å²) in [6.07, 6.45) is 1.59. The Morgan fingerprint density at radius 3 is 2.69 bits per heavy atom. The number of amides is 1. The van der Waals surface area contributed by atoms with Crippen LogP contribution in [-0.2, 0) is 11.3 Å². The van der Waals surface area contributed by atoms with Gasteiger partial charge in [-0.1, -0.05) is 53.2 Å². The van der Waals surface area contributed by atoms with Crippen molar-refractivity contribution in [3.05, 3.63) is 65.0 Å². The average molecular weight is 411 g/mol. The molecule has 1 aliphatic heterocycles. The van der Waals surface area contributed by atoms with Gasteiger partial charge >= 0.3 is 0 Å². The predicted molar refractivity (Wildman–Crippen MR) is 113 cm³/mol. The van der Waals surface area contributed by atoms with Crippen LogP contribution >= 0.6 is 11.6 Å². The Bertz CT molecular complexity index is 981. The van der Waals surface area contributed by atoms with E-state index in [1.165, 1.54) is 0 Å². The summed E-state index contributed by atoms with van der Waals surface area (Å²) in [7, 11) is 0. The Balaban J connectivity index is 1.29. The van der Waals surface area contributed by atoms with Gasteiger partial charge in [-0.05, 0) is 50.6 Å². The maximum Gasteiger partial charge on any atom is 0.241 e. The third-order valence-electron chi connectivity index (χ3n) is 5.26. The molecule has 1 fully saturated rings. The molecule has 0 radical (unpaired) electrons. The van der Waals surface area contributed by atoms with Crippen molar-refractivity contribution in [1.82, 2.24) is 15.0 Å². The van der Waals surface area contributed by atoms with E-state index in [1.54, 1.807) is 6.07 Å². The van der Waals surface area contributed by atoms with E-state index in [0.717, 1.165) is 42.7 Å². The summed E-state index contributed by atoms with van der Waals surface area (Å²) in [6, 6.07) is 15.4. The maximum atomic E-state index is 12.6. The molecule has 3 aromatic rings. The lowest BCUT2D eigenvalue weighted by atomic mass is 9.96. The number of piperidine rings is 1. The molecule has 1 aromatic heterocycles. The van der Waals surface area contributed by atoms with Gasteiger partial charge in [0.25, 0.3) is 0 Å².